The van der Waals surface area contributed by atoms with E-state index < -0.39 is 97.5 Å². The SMILES string of the molecule is CC/C=C\C/C=C\C/C=C\CCCCCCCC(=O)OCC(COP(=O)(O)OCC(O)COP(=O)(O)OCC(COC(=O)CCCCCCCCCCCCCCCCC)OC(=O)CCCCCCC/C=C\CCCCCC)OC(=O)CCCCCCC/C=C\CCCCCC. The molecule has 17 nitrogen and oxygen atoms in total. The Kier molecular flexibility index (Phi) is 67.8. The van der Waals surface area contributed by atoms with Crippen LogP contribution in [-0.2, 0) is 65.4 Å². The zero-order valence-corrected chi connectivity index (χ0v) is 62.8. The average molecular weight is 1400 g/mol. The maximum atomic E-state index is 13.1. The summed E-state index contributed by atoms with van der Waals surface area (Å²) in [4.78, 5) is 72.8. The minimum Gasteiger partial charge on any atom is -0.462 e. The highest BCUT2D eigenvalue weighted by molar-refractivity contribution is 7.47. The van der Waals surface area contributed by atoms with E-state index in [0.717, 1.165) is 148 Å². The van der Waals surface area contributed by atoms with E-state index in [1.54, 1.807) is 0 Å². The van der Waals surface area contributed by atoms with Crippen LogP contribution in [-0.4, -0.2) is 96.7 Å². The first-order valence-corrected chi connectivity index (χ1v) is 41.5. The molecule has 96 heavy (non-hydrogen) atoms. The van der Waals surface area contributed by atoms with E-state index in [1.807, 2.05) is 0 Å². The summed E-state index contributed by atoms with van der Waals surface area (Å²) in [5.41, 5.74) is 0. The minimum absolute atomic E-state index is 0.0841. The van der Waals surface area contributed by atoms with Crippen molar-refractivity contribution in [2.45, 2.75) is 367 Å². The monoisotopic (exact) mass is 1400 g/mol. The van der Waals surface area contributed by atoms with Gasteiger partial charge in [0.2, 0.25) is 0 Å². The summed E-state index contributed by atoms with van der Waals surface area (Å²) >= 11 is 0. The molecule has 0 saturated heterocycles. The lowest BCUT2D eigenvalue weighted by Crippen LogP contribution is -2.30. The Bertz CT molecular complexity index is 2060. The normalized spacial score (nSPS) is 14.3. The highest BCUT2D eigenvalue weighted by Crippen LogP contribution is 2.45. The number of phosphoric acid groups is 2. The van der Waals surface area contributed by atoms with E-state index in [4.69, 9.17) is 37.0 Å². The molecule has 560 valence electrons. The fraction of sp³-hybridized carbons (Fsp3) is 0.818. The second-order valence-electron chi connectivity index (χ2n) is 25.9. The number of phosphoric ester groups is 2. The van der Waals surface area contributed by atoms with Gasteiger partial charge < -0.3 is 33.8 Å². The van der Waals surface area contributed by atoms with Crippen molar-refractivity contribution in [2.24, 2.45) is 0 Å². The molecule has 0 heterocycles. The molecule has 0 aliphatic heterocycles. The second kappa shape index (κ2) is 70.2. The summed E-state index contributed by atoms with van der Waals surface area (Å²) < 4.78 is 68.5. The number of hydrogen-bond acceptors (Lipinski definition) is 15. The van der Waals surface area contributed by atoms with Crippen molar-refractivity contribution >= 4 is 39.5 Å². The topological polar surface area (TPSA) is 237 Å². The van der Waals surface area contributed by atoms with Crippen LogP contribution in [0.25, 0.3) is 0 Å². The van der Waals surface area contributed by atoms with Crippen LogP contribution >= 0.6 is 15.6 Å². The summed E-state index contributed by atoms with van der Waals surface area (Å²) in [6, 6.07) is 0. The number of carbonyl (C=O) groups is 4. The van der Waals surface area contributed by atoms with Crippen LogP contribution in [0.15, 0.2) is 60.8 Å². The third-order valence-electron chi connectivity index (χ3n) is 16.5. The molecular formula is C77H140O17P2. The smallest absolute Gasteiger partial charge is 0.462 e. The van der Waals surface area contributed by atoms with Crippen molar-refractivity contribution in [1.29, 1.82) is 0 Å². The van der Waals surface area contributed by atoms with Gasteiger partial charge in [-0.25, -0.2) is 9.13 Å². The van der Waals surface area contributed by atoms with Gasteiger partial charge in [-0.05, 0) is 109 Å². The molecule has 0 aromatic carbocycles. The van der Waals surface area contributed by atoms with Crippen LogP contribution < -0.4 is 0 Å². The van der Waals surface area contributed by atoms with Gasteiger partial charge >= 0.3 is 39.5 Å². The summed E-state index contributed by atoms with van der Waals surface area (Å²) in [6.45, 7) is 4.75. The van der Waals surface area contributed by atoms with Gasteiger partial charge in [0.15, 0.2) is 12.2 Å². The zero-order chi connectivity index (χ0) is 70.4. The first kappa shape index (κ1) is 92.8. The van der Waals surface area contributed by atoms with E-state index in [2.05, 4.69) is 88.5 Å². The molecule has 5 atom stereocenters. The third-order valence-corrected chi connectivity index (χ3v) is 18.4. The van der Waals surface area contributed by atoms with Crippen LogP contribution in [0.4, 0.5) is 0 Å². The van der Waals surface area contributed by atoms with Gasteiger partial charge in [0.1, 0.15) is 19.3 Å². The zero-order valence-electron chi connectivity index (χ0n) is 61.1. The van der Waals surface area contributed by atoms with Gasteiger partial charge in [-0.3, -0.25) is 37.3 Å². The molecule has 0 spiro atoms. The van der Waals surface area contributed by atoms with Crippen molar-refractivity contribution in [3.63, 3.8) is 0 Å². The highest BCUT2D eigenvalue weighted by atomic mass is 31.2. The Balaban J connectivity index is 5.32. The van der Waals surface area contributed by atoms with Crippen molar-refractivity contribution in [3.8, 4) is 0 Å². The van der Waals surface area contributed by atoms with Crippen molar-refractivity contribution in [2.75, 3.05) is 39.6 Å². The summed E-state index contributed by atoms with van der Waals surface area (Å²) in [5, 5.41) is 10.6. The lowest BCUT2D eigenvalue weighted by Gasteiger charge is -2.21. The quantitative estimate of drug-likeness (QED) is 0.0169. The fourth-order valence-electron chi connectivity index (χ4n) is 10.6. The maximum absolute atomic E-state index is 13.1. The number of ether oxygens (including phenoxy) is 4. The van der Waals surface area contributed by atoms with E-state index in [0.29, 0.717) is 25.7 Å². The number of carbonyl (C=O) groups excluding carboxylic acids is 4. The van der Waals surface area contributed by atoms with E-state index in [1.165, 1.54) is 122 Å². The van der Waals surface area contributed by atoms with Gasteiger partial charge in [0, 0.05) is 25.7 Å². The molecule has 0 radical (unpaired) electrons. The van der Waals surface area contributed by atoms with E-state index in [-0.39, 0.29) is 25.7 Å². The van der Waals surface area contributed by atoms with Gasteiger partial charge in [-0.1, -0.05) is 275 Å². The van der Waals surface area contributed by atoms with Crippen molar-refractivity contribution in [3.05, 3.63) is 60.8 Å². The molecule has 5 unspecified atom stereocenters. The van der Waals surface area contributed by atoms with Gasteiger partial charge in [0.25, 0.3) is 0 Å². The average Bonchev–Trinajstić information content (AvgIpc) is 1.14. The number of esters is 4. The Labute approximate surface area is 584 Å². The molecule has 0 aliphatic carbocycles. The molecule has 0 aliphatic rings. The predicted molar refractivity (Wildman–Crippen MR) is 390 cm³/mol. The molecule has 0 bridgehead atoms. The Hall–Kier alpha value is -3.24. The molecule has 3 N–H and O–H groups in total. The lowest BCUT2D eigenvalue weighted by atomic mass is 10.0. The molecule has 0 aromatic rings. The van der Waals surface area contributed by atoms with E-state index >= 15 is 0 Å². The summed E-state index contributed by atoms with van der Waals surface area (Å²) in [7, 11) is -9.94. The summed E-state index contributed by atoms with van der Waals surface area (Å²) in [6.07, 6.45) is 67.8. The molecule has 0 fully saturated rings. The van der Waals surface area contributed by atoms with Crippen LogP contribution in [0.3, 0.4) is 0 Å². The van der Waals surface area contributed by atoms with Crippen molar-refractivity contribution < 1.29 is 80.2 Å². The summed E-state index contributed by atoms with van der Waals surface area (Å²) in [5.74, 6) is -2.18. The number of hydrogen-bond donors (Lipinski definition) is 3. The number of allylic oxidation sites excluding steroid dienone is 10. The number of unbranched alkanes of at least 4 members (excludes halogenated alkanes) is 37. The number of rotatable bonds is 73. The minimum atomic E-state index is -4.97. The van der Waals surface area contributed by atoms with Crippen LogP contribution in [0, 0.1) is 0 Å². The van der Waals surface area contributed by atoms with Crippen molar-refractivity contribution in [1.82, 2.24) is 0 Å². The predicted octanol–water partition coefficient (Wildman–Crippen LogP) is 21.9. The molecular weight excluding hydrogens is 1260 g/mol. The van der Waals surface area contributed by atoms with Gasteiger partial charge in [-0.2, -0.15) is 0 Å². The van der Waals surface area contributed by atoms with Gasteiger partial charge in [-0.15, -0.1) is 0 Å². The molecule has 0 saturated carbocycles. The lowest BCUT2D eigenvalue weighted by molar-refractivity contribution is -0.161. The van der Waals surface area contributed by atoms with Crippen LogP contribution in [0.5, 0.6) is 0 Å². The highest BCUT2D eigenvalue weighted by Gasteiger charge is 2.30. The molecule has 0 rings (SSSR count). The molecule has 0 amide bonds. The maximum Gasteiger partial charge on any atom is 0.472 e. The Morgan fingerprint density at radius 2 is 0.542 bits per heavy atom. The molecule has 19 heteroatoms. The first-order valence-electron chi connectivity index (χ1n) is 38.5. The first-order chi connectivity index (χ1) is 46.7. The molecule has 0 aromatic heterocycles. The largest absolute Gasteiger partial charge is 0.472 e. The van der Waals surface area contributed by atoms with Crippen LogP contribution in [0.2, 0.25) is 0 Å². The fourth-order valence-corrected chi connectivity index (χ4v) is 12.2. The van der Waals surface area contributed by atoms with Crippen LogP contribution in [0.1, 0.15) is 349 Å². The Morgan fingerprint density at radius 3 is 0.854 bits per heavy atom. The number of aliphatic hydroxyl groups is 1. The second-order valence-corrected chi connectivity index (χ2v) is 28.8. The van der Waals surface area contributed by atoms with E-state index in [9.17, 15) is 43.2 Å². The standard InChI is InChI=1S/C77H140O17P2/c1-5-9-13-17-21-25-29-33-35-39-41-45-49-53-57-61-74(79)87-67-72(93-76(81)63-59-55-51-47-43-37-31-27-23-19-15-11-7-3)69-91-95(83,84)89-65-71(78)66-90-96(85,86)92-70-73(94-77(82)64-60-56-52-48-44-38-32-28-24-20-16-12-8-4)68-88-75(80)62-58-54-50-46-42-40-36-34-30-26-22-18-14-10-6-2/h9,13,21,25,27-28,31-33,35,71-73,78H,5-8,10-12,14-20,22-24,26,29-30,34,36-70H2,1-4H3,(H,83,84)(H,85,86)/b13-9-,25-21-,31-27-,32-28-,35-33-. The third kappa shape index (κ3) is 69.2. The Morgan fingerprint density at radius 1 is 0.302 bits per heavy atom. The van der Waals surface area contributed by atoms with Gasteiger partial charge in [0.05, 0.1) is 26.4 Å². The number of aliphatic hydroxyl groups excluding tert-OH is 1.